The maximum Gasteiger partial charge on any atom is 0.229 e. The molecule has 3 aromatic rings. The lowest BCUT2D eigenvalue weighted by atomic mass is 10.1. The highest BCUT2D eigenvalue weighted by molar-refractivity contribution is 6.30. The molecule has 0 fully saturated rings. The van der Waals surface area contributed by atoms with Gasteiger partial charge in [0, 0.05) is 36.0 Å². The first kappa shape index (κ1) is 18.2. The molecule has 0 aliphatic rings. The molecule has 0 unspecified atom stereocenters. The van der Waals surface area contributed by atoms with Crippen molar-refractivity contribution in [3.05, 3.63) is 65.2 Å². The van der Waals surface area contributed by atoms with E-state index in [4.69, 9.17) is 16.3 Å². The summed E-state index contributed by atoms with van der Waals surface area (Å²) in [6.45, 7) is 3.26. The summed E-state index contributed by atoms with van der Waals surface area (Å²) in [4.78, 5) is 9.23. The third-order valence-electron chi connectivity index (χ3n) is 3.84. The Morgan fingerprint density at radius 3 is 2.58 bits per heavy atom. The summed E-state index contributed by atoms with van der Waals surface area (Å²) >= 11 is 6.04. The topological polar surface area (TPSA) is 59.1 Å². The van der Waals surface area contributed by atoms with Crippen LogP contribution in [0, 0.1) is 6.92 Å². The molecular weight excluding hydrogens is 348 g/mol. The van der Waals surface area contributed by atoms with Gasteiger partial charge >= 0.3 is 0 Å². The maximum absolute atomic E-state index is 6.04. The van der Waals surface area contributed by atoms with Crippen molar-refractivity contribution in [1.29, 1.82) is 0 Å². The molecule has 0 saturated carbocycles. The first-order valence-corrected chi connectivity index (χ1v) is 8.74. The molecule has 0 atom stereocenters. The molecule has 6 heteroatoms. The molecule has 0 spiro atoms. The molecule has 0 aliphatic carbocycles. The van der Waals surface area contributed by atoms with E-state index in [9.17, 15) is 0 Å². The number of nitrogens with one attached hydrogen (secondary N) is 2. The second-order valence-electron chi connectivity index (χ2n) is 5.83. The van der Waals surface area contributed by atoms with Crippen LogP contribution in [-0.2, 0) is 4.74 Å². The summed E-state index contributed by atoms with van der Waals surface area (Å²) in [5.41, 5.74) is 3.82. The summed E-state index contributed by atoms with van der Waals surface area (Å²) in [6.07, 6.45) is 0. The van der Waals surface area contributed by atoms with Crippen LogP contribution in [0.3, 0.4) is 0 Å². The van der Waals surface area contributed by atoms with Crippen LogP contribution in [0.4, 0.5) is 17.5 Å². The Labute approximate surface area is 158 Å². The lowest BCUT2D eigenvalue weighted by molar-refractivity contribution is 0.210. The van der Waals surface area contributed by atoms with Crippen molar-refractivity contribution in [3.8, 4) is 11.3 Å². The number of anilines is 3. The Balaban J connectivity index is 1.93. The van der Waals surface area contributed by atoms with Gasteiger partial charge in [-0.25, -0.2) is 4.98 Å². The number of benzene rings is 2. The van der Waals surface area contributed by atoms with E-state index < -0.39 is 0 Å². The lowest BCUT2D eigenvalue weighted by Crippen LogP contribution is -2.10. The normalized spacial score (nSPS) is 10.6. The average Bonchev–Trinajstić information content (AvgIpc) is 2.65. The number of ether oxygens (including phenoxy) is 1. The number of aryl methyl sites for hydroxylation is 1. The van der Waals surface area contributed by atoms with Gasteiger partial charge in [0.05, 0.1) is 12.3 Å². The third kappa shape index (κ3) is 4.71. The van der Waals surface area contributed by atoms with Crippen molar-refractivity contribution in [2.24, 2.45) is 0 Å². The van der Waals surface area contributed by atoms with E-state index in [-0.39, 0.29) is 0 Å². The number of aromatic nitrogens is 2. The van der Waals surface area contributed by atoms with Crippen LogP contribution in [-0.4, -0.2) is 30.2 Å². The molecule has 1 heterocycles. The van der Waals surface area contributed by atoms with Crippen LogP contribution < -0.4 is 10.6 Å². The quantitative estimate of drug-likeness (QED) is 0.580. The number of halogens is 1. The first-order chi connectivity index (χ1) is 12.7. The zero-order chi connectivity index (χ0) is 18.4. The van der Waals surface area contributed by atoms with Crippen LogP contribution in [0.5, 0.6) is 0 Å². The minimum atomic E-state index is 0.525. The van der Waals surface area contributed by atoms with E-state index in [1.54, 1.807) is 7.11 Å². The van der Waals surface area contributed by atoms with Gasteiger partial charge in [0.2, 0.25) is 5.95 Å². The number of hydrogen-bond donors (Lipinski definition) is 2. The summed E-state index contributed by atoms with van der Waals surface area (Å²) in [5.74, 6) is 1.27. The second kappa shape index (κ2) is 8.65. The molecule has 0 aliphatic heterocycles. The summed E-state index contributed by atoms with van der Waals surface area (Å²) in [5, 5.41) is 7.26. The number of rotatable bonds is 7. The van der Waals surface area contributed by atoms with Gasteiger partial charge in [0.15, 0.2) is 0 Å². The lowest BCUT2D eigenvalue weighted by Gasteiger charge is -2.13. The van der Waals surface area contributed by atoms with Gasteiger partial charge in [-0.05, 0) is 30.7 Å². The standard InChI is InChI=1S/C20H21ClN4O/c1-14-12-16(21)8-9-17(14)23-20-24-18(15-6-4-3-5-7-15)13-19(25-20)22-10-11-26-2/h3-9,12-13H,10-11H2,1-2H3,(H2,22,23,24,25). The van der Waals surface area contributed by atoms with Gasteiger partial charge in [0.25, 0.3) is 0 Å². The van der Waals surface area contributed by atoms with Crippen LogP contribution in [0.2, 0.25) is 5.02 Å². The molecule has 2 N–H and O–H groups in total. The second-order valence-corrected chi connectivity index (χ2v) is 6.27. The molecule has 2 aromatic carbocycles. The molecule has 134 valence electrons. The van der Waals surface area contributed by atoms with Crippen molar-refractivity contribution < 1.29 is 4.74 Å². The van der Waals surface area contributed by atoms with Crippen LogP contribution >= 0.6 is 11.6 Å². The van der Waals surface area contributed by atoms with Crippen molar-refractivity contribution in [2.45, 2.75) is 6.92 Å². The fourth-order valence-electron chi connectivity index (χ4n) is 2.52. The van der Waals surface area contributed by atoms with Gasteiger partial charge < -0.3 is 15.4 Å². The van der Waals surface area contributed by atoms with Crippen molar-refractivity contribution in [3.63, 3.8) is 0 Å². The van der Waals surface area contributed by atoms with E-state index in [1.807, 2.05) is 61.5 Å². The minimum Gasteiger partial charge on any atom is -0.383 e. The maximum atomic E-state index is 6.04. The third-order valence-corrected chi connectivity index (χ3v) is 4.08. The predicted octanol–water partition coefficient (Wildman–Crippen LogP) is 4.91. The molecule has 0 amide bonds. The van der Waals surface area contributed by atoms with Gasteiger partial charge in [0.1, 0.15) is 5.82 Å². The van der Waals surface area contributed by atoms with E-state index in [0.29, 0.717) is 24.1 Å². The molecule has 26 heavy (non-hydrogen) atoms. The van der Waals surface area contributed by atoms with Gasteiger partial charge in [-0.15, -0.1) is 0 Å². The van der Waals surface area contributed by atoms with E-state index in [1.165, 1.54) is 0 Å². The number of hydrogen-bond acceptors (Lipinski definition) is 5. The first-order valence-electron chi connectivity index (χ1n) is 8.36. The Morgan fingerprint density at radius 2 is 1.85 bits per heavy atom. The molecule has 0 radical (unpaired) electrons. The zero-order valence-electron chi connectivity index (χ0n) is 14.8. The van der Waals surface area contributed by atoms with E-state index in [0.717, 1.165) is 28.3 Å². The smallest absolute Gasteiger partial charge is 0.229 e. The number of methoxy groups -OCH3 is 1. The Bertz CT molecular complexity index is 871. The molecule has 5 nitrogen and oxygen atoms in total. The Kier molecular flexibility index (Phi) is 6.04. The van der Waals surface area contributed by atoms with E-state index in [2.05, 4.69) is 20.6 Å². The Hall–Kier alpha value is -2.63. The monoisotopic (exact) mass is 368 g/mol. The molecule has 0 bridgehead atoms. The van der Waals surface area contributed by atoms with Crippen LogP contribution in [0.15, 0.2) is 54.6 Å². The average molecular weight is 369 g/mol. The van der Waals surface area contributed by atoms with Crippen molar-refractivity contribution in [1.82, 2.24) is 9.97 Å². The highest BCUT2D eigenvalue weighted by atomic mass is 35.5. The van der Waals surface area contributed by atoms with Gasteiger partial charge in [-0.2, -0.15) is 4.98 Å². The highest BCUT2D eigenvalue weighted by Gasteiger charge is 2.08. The number of nitrogens with zero attached hydrogens (tertiary/aromatic N) is 2. The van der Waals surface area contributed by atoms with Crippen LogP contribution in [0.25, 0.3) is 11.3 Å². The largest absolute Gasteiger partial charge is 0.383 e. The fraction of sp³-hybridized carbons (Fsp3) is 0.200. The van der Waals surface area contributed by atoms with Crippen molar-refractivity contribution >= 4 is 29.1 Å². The zero-order valence-corrected chi connectivity index (χ0v) is 15.5. The van der Waals surface area contributed by atoms with E-state index >= 15 is 0 Å². The summed E-state index contributed by atoms with van der Waals surface area (Å²) in [6, 6.07) is 17.6. The SMILES string of the molecule is COCCNc1cc(-c2ccccc2)nc(Nc2ccc(Cl)cc2C)n1. The molecule has 1 aromatic heterocycles. The minimum absolute atomic E-state index is 0.525. The summed E-state index contributed by atoms with van der Waals surface area (Å²) in [7, 11) is 1.67. The van der Waals surface area contributed by atoms with Gasteiger partial charge in [-0.3, -0.25) is 0 Å². The molecular formula is C20H21ClN4O. The van der Waals surface area contributed by atoms with Crippen LogP contribution in [0.1, 0.15) is 5.56 Å². The highest BCUT2D eigenvalue weighted by Crippen LogP contribution is 2.25. The van der Waals surface area contributed by atoms with Gasteiger partial charge in [-0.1, -0.05) is 41.9 Å². The Morgan fingerprint density at radius 1 is 1.04 bits per heavy atom. The summed E-state index contributed by atoms with van der Waals surface area (Å²) < 4.78 is 5.10. The molecule has 0 saturated heterocycles. The molecule has 3 rings (SSSR count). The fourth-order valence-corrected chi connectivity index (χ4v) is 2.75. The van der Waals surface area contributed by atoms with Crippen molar-refractivity contribution in [2.75, 3.05) is 30.9 Å². The predicted molar refractivity (Wildman–Crippen MR) is 107 cm³/mol.